The van der Waals surface area contributed by atoms with Crippen LogP contribution in [0.4, 0.5) is 0 Å². The zero-order valence-electron chi connectivity index (χ0n) is 12.0. The third kappa shape index (κ3) is 6.58. The van der Waals surface area contributed by atoms with E-state index in [9.17, 15) is 0 Å². The van der Waals surface area contributed by atoms with Crippen LogP contribution >= 0.6 is 0 Å². The summed E-state index contributed by atoms with van der Waals surface area (Å²) < 4.78 is 0. The minimum Gasteiger partial charge on any atom is -0.311 e. The average Bonchev–Trinajstić information content (AvgIpc) is 2.33. The van der Waals surface area contributed by atoms with Crippen molar-refractivity contribution in [2.75, 3.05) is 13.1 Å². The maximum absolute atomic E-state index is 3.48. The first kappa shape index (κ1) is 14.9. The predicted octanol–water partition coefficient (Wildman–Crippen LogP) is 3.07. The molecular formula is C16H26N2. The van der Waals surface area contributed by atoms with E-state index >= 15 is 0 Å². The third-order valence-corrected chi connectivity index (χ3v) is 2.65. The Bertz CT molecular complexity index is 339. The summed E-state index contributed by atoms with van der Waals surface area (Å²) in [6.07, 6.45) is 2.27. The van der Waals surface area contributed by atoms with Gasteiger partial charge < -0.3 is 10.6 Å². The van der Waals surface area contributed by atoms with Crippen molar-refractivity contribution >= 4 is 6.08 Å². The average molecular weight is 246 g/mol. The molecule has 1 aromatic carbocycles. The smallest absolute Gasteiger partial charge is 0.0183 e. The lowest BCUT2D eigenvalue weighted by atomic mass is 10.1. The van der Waals surface area contributed by atoms with E-state index in [0.717, 1.165) is 13.1 Å². The maximum Gasteiger partial charge on any atom is 0.0183 e. The molecule has 0 unspecified atom stereocenters. The number of nitrogens with one attached hydrogen (secondary N) is 2. The van der Waals surface area contributed by atoms with Crippen molar-refractivity contribution in [1.82, 2.24) is 10.6 Å². The Morgan fingerprint density at radius 3 is 1.89 bits per heavy atom. The lowest BCUT2D eigenvalue weighted by molar-refractivity contribution is 0.583. The van der Waals surface area contributed by atoms with Gasteiger partial charge in [0.25, 0.3) is 0 Å². The van der Waals surface area contributed by atoms with E-state index in [1.165, 1.54) is 11.1 Å². The van der Waals surface area contributed by atoms with Gasteiger partial charge in [0, 0.05) is 25.2 Å². The van der Waals surface area contributed by atoms with E-state index in [4.69, 9.17) is 0 Å². The molecule has 0 saturated carbocycles. The molecule has 0 saturated heterocycles. The minimum atomic E-state index is 0.517. The molecule has 0 aliphatic carbocycles. The van der Waals surface area contributed by atoms with Gasteiger partial charge in [0.2, 0.25) is 0 Å². The molecular weight excluding hydrogens is 220 g/mol. The quantitative estimate of drug-likeness (QED) is 0.772. The van der Waals surface area contributed by atoms with Gasteiger partial charge in [-0.15, -0.1) is 0 Å². The molecule has 1 rings (SSSR count). The summed E-state index contributed by atoms with van der Waals surface area (Å²) in [6.45, 7) is 10.6. The Morgan fingerprint density at radius 1 is 0.944 bits per heavy atom. The van der Waals surface area contributed by atoms with Crippen molar-refractivity contribution in [2.24, 2.45) is 0 Å². The number of hydrogen-bond acceptors (Lipinski definition) is 2. The zero-order chi connectivity index (χ0) is 13.4. The number of benzene rings is 1. The molecule has 1 aromatic rings. The highest BCUT2D eigenvalue weighted by atomic mass is 14.9. The summed E-state index contributed by atoms with van der Waals surface area (Å²) in [7, 11) is 0. The molecule has 2 N–H and O–H groups in total. The molecule has 0 aliphatic heterocycles. The van der Waals surface area contributed by atoms with Gasteiger partial charge in [0.15, 0.2) is 0 Å². The lowest BCUT2D eigenvalue weighted by Crippen LogP contribution is -2.31. The second-order valence-electron chi connectivity index (χ2n) is 5.28. The molecule has 0 aliphatic rings. The molecule has 0 atom stereocenters. The van der Waals surface area contributed by atoms with Gasteiger partial charge in [-0.1, -0.05) is 64.1 Å². The molecule has 0 radical (unpaired) electrons. The fourth-order valence-electron chi connectivity index (χ4n) is 1.62. The van der Waals surface area contributed by atoms with Crippen LogP contribution in [0.15, 0.2) is 35.9 Å². The van der Waals surface area contributed by atoms with E-state index in [1.807, 2.05) is 0 Å². The Hall–Kier alpha value is -1.12. The molecule has 0 fully saturated rings. The van der Waals surface area contributed by atoms with E-state index in [2.05, 4.69) is 74.7 Å². The van der Waals surface area contributed by atoms with Gasteiger partial charge >= 0.3 is 0 Å². The van der Waals surface area contributed by atoms with E-state index in [1.54, 1.807) is 0 Å². The normalized spacial score (nSPS) is 11.0. The summed E-state index contributed by atoms with van der Waals surface area (Å²) in [5, 5.41) is 6.96. The molecule has 0 aromatic heterocycles. The maximum atomic E-state index is 3.48. The Morgan fingerprint density at radius 2 is 1.44 bits per heavy atom. The molecule has 0 spiro atoms. The highest BCUT2D eigenvalue weighted by molar-refractivity contribution is 5.53. The number of rotatable bonds is 7. The lowest BCUT2D eigenvalue weighted by Gasteiger charge is -2.14. The summed E-state index contributed by atoms with van der Waals surface area (Å²) >= 11 is 0. The first-order valence-corrected chi connectivity index (χ1v) is 6.79. The Kier molecular flexibility index (Phi) is 6.69. The van der Waals surface area contributed by atoms with Gasteiger partial charge in [-0.3, -0.25) is 0 Å². The summed E-state index contributed by atoms with van der Waals surface area (Å²) in [5.41, 5.74) is 2.66. The van der Waals surface area contributed by atoms with Crippen molar-refractivity contribution in [2.45, 2.75) is 39.8 Å². The SMILES string of the molecule is CC(C)NCC(=Cc1ccccc1)CNC(C)C. The van der Waals surface area contributed by atoms with E-state index < -0.39 is 0 Å². The second kappa shape index (κ2) is 8.06. The van der Waals surface area contributed by atoms with Crippen LogP contribution in [0.1, 0.15) is 33.3 Å². The largest absolute Gasteiger partial charge is 0.311 e. The number of hydrogen-bond donors (Lipinski definition) is 2. The van der Waals surface area contributed by atoms with E-state index in [0.29, 0.717) is 12.1 Å². The van der Waals surface area contributed by atoms with Crippen molar-refractivity contribution in [3.8, 4) is 0 Å². The molecule has 18 heavy (non-hydrogen) atoms. The van der Waals surface area contributed by atoms with Gasteiger partial charge in [-0.05, 0) is 11.1 Å². The Balaban J connectivity index is 2.66. The Labute approximate surface area is 111 Å². The molecule has 2 heteroatoms. The van der Waals surface area contributed by atoms with Crippen LogP contribution in [0.25, 0.3) is 6.08 Å². The fourth-order valence-corrected chi connectivity index (χ4v) is 1.62. The summed E-state index contributed by atoms with van der Waals surface area (Å²) in [6, 6.07) is 11.5. The third-order valence-electron chi connectivity index (χ3n) is 2.65. The molecule has 100 valence electrons. The minimum absolute atomic E-state index is 0.517. The molecule has 0 bridgehead atoms. The van der Waals surface area contributed by atoms with Crippen LogP contribution in [-0.2, 0) is 0 Å². The molecule has 0 amide bonds. The summed E-state index contributed by atoms with van der Waals surface area (Å²) in [5.74, 6) is 0. The van der Waals surface area contributed by atoms with Crippen molar-refractivity contribution in [3.05, 3.63) is 41.5 Å². The first-order chi connectivity index (χ1) is 8.58. The predicted molar refractivity (Wildman–Crippen MR) is 80.7 cm³/mol. The molecule has 0 heterocycles. The van der Waals surface area contributed by atoms with Crippen LogP contribution < -0.4 is 10.6 Å². The monoisotopic (exact) mass is 246 g/mol. The van der Waals surface area contributed by atoms with Crippen molar-refractivity contribution in [3.63, 3.8) is 0 Å². The topological polar surface area (TPSA) is 24.1 Å². The van der Waals surface area contributed by atoms with Crippen molar-refractivity contribution < 1.29 is 0 Å². The van der Waals surface area contributed by atoms with Gasteiger partial charge in [-0.2, -0.15) is 0 Å². The molecule has 2 nitrogen and oxygen atoms in total. The van der Waals surface area contributed by atoms with Crippen molar-refractivity contribution in [1.29, 1.82) is 0 Å². The van der Waals surface area contributed by atoms with Crippen LogP contribution in [0, 0.1) is 0 Å². The van der Waals surface area contributed by atoms with Gasteiger partial charge in [0.05, 0.1) is 0 Å². The highest BCUT2D eigenvalue weighted by Gasteiger charge is 2.01. The zero-order valence-corrected chi connectivity index (χ0v) is 12.0. The fraction of sp³-hybridized carbons (Fsp3) is 0.500. The highest BCUT2D eigenvalue weighted by Crippen LogP contribution is 2.06. The standard InChI is InChI=1S/C16H26N2/c1-13(2)17-11-16(12-18-14(3)4)10-15-8-6-5-7-9-15/h5-10,13-14,17-18H,11-12H2,1-4H3. The summed E-state index contributed by atoms with van der Waals surface area (Å²) in [4.78, 5) is 0. The van der Waals surface area contributed by atoms with Gasteiger partial charge in [-0.25, -0.2) is 0 Å². The van der Waals surface area contributed by atoms with Crippen LogP contribution in [0.3, 0.4) is 0 Å². The first-order valence-electron chi connectivity index (χ1n) is 6.79. The van der Waals surface area contributed by atoms with Crippen LogP contribution in [0.5, 0.6) is 0 Å². The van der Waals surface area contributed by atoms with Gasteiger partial charge in [0.1, 0.15) is 0 Å². The van der Waals surface area contributed by atoms with Crippen LogP contribution in [0.2, 0.25) is 0 Å². The second-order valence-corrected chi connectivity index (χ2v) is 5.28. The van der Waals surface area contributed by atoms with Crippen LogP contribution in [-0.4, -0.2) is 25.2 Å². The van der Waals surface area contributed by atoms with E-state index in [-0.39, 0.29) is 0 Å².